The fourth-order valence-electron chi connectivity index (χ4n) is 4.82. The van der Waals surface area contributed by atoms with E-state index >= 15 is 0 Å². The summed E-state index contributed by atoms with van der Waals surface area (Å²) < 4.78 is 10.6. The number of benzene rings is 2. The Morgan fingerprint density at radius 3 is 2.62 bits per heavy atom. The van der Waals surface area contributed by atoms with E-state index in [0.717, 1.165) is 53.8 Å². The summed E-state index contributed by atoms with van der Waals surface area (Å²) in [4.78, 5) is 25.4. The monoisotopic (exact) mass is 536 g/mol. The lowest BCUT2D eigenvalue weighted by Gasteiger charge is -2.34. The number of nitrogens with zero attached hydrogens (tertiary/aromatic N) is 4. The number of carbonyl (C=O) groups excluding carboxylic acids is 1. The first kappa shape index (κ1) is 26.8. The molecule has 9 heteroatoms. The molecule has 1 aliphatic rings. The van der Waals surface area contributed by atoms with Crippen LogP contribution in [0.3, 0.4) is 0 Å². The number of pyridine rings is 1. The summed E-state index contributed by atoms with van der Waals surface area (Å²) in [5.41, 5.74) is 5.46. The molecule has 1 amide bonds. The Bertz CT molecular complexity index is 1590. The lowest BCUT2D eigenvalue weighted by atomic mass is 10.0. The zero-order chi connectivity index (χ0) is 28.1. The van der Waals surface area contributed by atoms with Gasteiger partial charge in [0.2, 0.25) is 0 Å². The summed E-state index contributed by atoms with van der Waals surface area (Å²) >= 11 is 0. The van der Waals surface area contributed by atoms with Crippen LogP contribution in [0.1, 0.15) is 11.1 Å². The Hall–Kier alpha value is -4.81. The number of likely N-dealkylation sites (N-methyl/N-ethyl adjacent to an activating group) is 1. The van der Waals surface area contributed by atoms with Crippen LogP contribution in [0.5, 0.6) is 11.5 Å². The lowest BCUT2D eigenvalue weighted by Crippen LogP contribution is -2.44. The van der Waals surface area contributed by atoms with Gasteiger partial charge in [0.1, 0.15) is 17.3 Å². The van der Waals surface area contributed by atoms with Gasteiger partial charge in [-0.1, -0.05) is 18.2 Å². The van der Waals surface area contributed by atoms with Crippen molar-refractivity contribution in [2.24, 2.45) is 0 Å². The largest absolute Gasteiger partial charge is 0.493 e. The van der Waals surface area contributed by atoms with E-state index in [1.807, 2.05) is 24.4 Å². The molecule has 2 aromatic heterocycles. The number of rotatable bonds is 8. The standard InChI is InChI=1S/C31H32N6O3/c1-36-9-11-37(12-10-36)26-6-4-5-22(15-26)24-16-27-25(20-34-30(27)33-19-24)14-23(17-32)31(38)35-18-21-7-8-28(39-2)29(13-21)40-3/h4-8,13-16,19-20H,9-12,18H2,1-3H3,(H,33,34)(H,35,38)/b23-14+. The number of H-pyrrole nitrogens is 1. The van der Waals surface area contributed by atoms with Crippen LogP contribution in [0.25, 0.3) is 28.2 Å². The summed E-state index contributed by atoms with van der Waals surface area (Å²) in [6.07, 6.45) is 5.20. The highest BCUT2D eigenvalue weighted by atomic mass is 16.5. The van der Waals surface area contributed by atoms with Gasteiger partial charge in [-0.15, -0.1) is 0 Å². The van der Waals surface area contributed by atoms with Gasteiger partial charge in [0.25, 0.3) is 5.91 Å². The van der Waals surface area contributed by atoms with Gasteiger partial charge in [0.15, 0.2) is 11.5 Å². The molecular weight excluding hydrogens is 504 g/mol. The molecule has 3 heterocycles. The fourth-order valence-corrected chi connectivity index (χ4v) is 4.82. The van der Waals surface area contributed by atoms with Gasteiger partial charge in [-0.3, -0.25) is 4.79 Å². The molecule has 9 nitrogen and oxygen atoms in total. The molecule has 1 fully saturated rings. The number of methoxy groups -OCH3 is 2. The van der Waals surface area contributed by atoms with Gasteiger partial charge in [-0.2, -0.15) is 5.26 Å². The molecule has 204 valence electrons. The second-order valence-corrected chi connectivity index (χ2v) is 9.75. The third-order valence-electron chi connectivity index (χ3n) is 7.18. The van der Waals surface area contributed by atoms with Crippen molar-refractivity contribution in [1.82, 2.24) is 20.2 Å². The second-order valence-electron chi connectivity index (χ2n) is 9.75. The SMILES string of the molecule is COc1ccc(CNC(=O)/C(C#N)=C/c2c[nH]c3ncc(-c4cccc(N5CCN(C)CC5)c4)cc23)cc1OC. The van der Waals surface area contributed by atoms with Crippen molar-refractivity contribution in [1.29, 1.82) is 5.26 Å². The van der Waals surface area contributed by atoms with Crippen LogP contribution >= 0.6 is 0 Å². The van der Waals surface area contributed by atoms with E-state index in [1.54, 1.807) is 38.6 Å². The molecule has 5 rings (SSSR count). The molecule has 0 aliphatic carbocycles. The number of nitrogens with one attached hydrogen (secondary N) is 2. The first-order valence-corrected chi connectivity index (χ1v) is 13.1. The maximum atomic E-state index is 12.9. The molecule has 1 saturated heterocycles. The number of anilines is 1. The average molecular weight is 537 g/mol. The molecule has 0 unspecified atom stereocenters. The van der Waals surface area contributed by atoms with Crippen molar-refractivity contribution in [3.63, 3.8) is 0 Å². The minimum absolute atomic E-state index is 0.00356. The number of fused-ring (bicyclic) bond motifs is 1. The molecule has 4 aromatic rings. The topological polar surface area (TPSA) is 107 Å². The fraction of sp³-hybridized carbons (Fsp3) is 0.258. The molecule has 0 spiro atoms. The lowest BCUT2D eigenvalue weighted by molar-refractivity contribution is -0.117. The van der Waals surface area contributed by atoms with E-state index in [1.165, 1.54) is 5.69 Å². The third kappa shape index (κ3) is 5.77. The predicted octanol–water partition coefficient (Wildman–Crippen LogP) is 4.22. The van der Waals surface area contributed by atoms with Gasteiger partial charge >= 0.3 is 0 Å². The summed E-state index contributed by atoms with van der Waals surface area (Å²) in [6.45, 7) is 4.31. The van der Waals surface area contributed by atoms with Crippen molar-refractivity contribution in [2.45, 2.75) is 6.54 Å². The number of hydrogen-bond donors (Lipinski definition) is 2. The zero-order valence-electron chi connectivity index (χ0n) is 22.9. The maximum Gasteiger partial charge on any atom is 0.262 e. The Balaban J connectivity index is 1.36. The number of piperazine rings is 1. The number of aromatic nitrogens is 2. The molecule has 0 radical (unpaired) electrons. The first-order valence-electron chi connectivity index (χ1n) is 13.1. The van der Waals surface area contributed by atoms with E-state index < -0.39 is 5.91 Å². The molecule has 0 saturated carbocycles. The number of nitriles is 1. The van der Waals surface area contributed by atoms with Crippen molar-refractivity contribution in [3.05, 3.63) is 77.6 Å². The Morgan fingerprint density at radius 2 is 1.88 bits per heavy atom. The van der Waals surface area contributed by atoms with Gasteiger partial charge in [0, 0.05) is 67.3 Å². The van der Waals surface area contributed by atoms with E-state index in [9.17, 15) is 10.1 Å². The first-order chi connectivity index (χ1) is 19.5. The highest BCUT2D eigenvalue weighted by molar-refractivity contribution is 6.04. The van der Waals surface area contributed by atoms with Crippen LogP contribution in [0.2, 0.25) is 0 Å². The van der Waals surface area contributed by atoms with E-state index in [2.05, 4.69) is 56.4 Å². The summed E-state index contributed by atoms with van der Waals surface area (Å²) in [5.74, 6) is 0.714. The zero-order valence-corrected chi connectivity index (χ0v) is 22.9. The molecule has 0 atom stereocenters. The number of amides is 1. The second kappa shape index (κ2) is 11.9. The van der Waals surface area contributed by atoms with Crippen LogP contribution in [0.15, 0.2) is 66.5 Å². The number of hydrogen-bond acceptors (Lipinski definition) is 7. The molecule has 40 heavy (non-hydrogen) atoms. The summed E-state index contributed by atoms with van der Waals surface area (Å²) in [7, 11) is 5.28. The Labute approximate surface area is 233 Å². The van der Waals surface area contributed by atoms with Gasteiger partial charge in [-0.25, -0.2) is 4.98 Å². The van der Waals surface area contributed by atoms with Gasteiger partial charge < -0.3 is 29.6 Å². The minimum Gasteiger partial charge on any atom is -0.493 e. The molecule has 2 N–H and O–H groups in total. The van der Waals surface area contributed by atoms with E-state index in [0.29, 0.717) is 17.1 Å². The Morgan fingerprint density at radius 1 is 1.07 bits per heavy atom. The normalized spacial score (nSPS) is 14.2. The number of carbonyl (C=O) groups is 1. The number of ether oxygens (including phenoxy) is 2. The van der Waals surface area contributed by atoms with Gasteiger partial charge in [0.05, 0.1) is 14.2 Å². The highest BCUT2D eigenvalue weighted by Gasteiger charge is 2.16. The summed E-state index contributed by atoms with van der Waals surface area (Å²) in [5, 5.41) is 13.4. The third-order valence-corrected chi connectivity index (χ3v) is 7.18. The quantitative estimate of drug-likeness (QED) is 0.257. The molecular formula is C31H32N6O3. The smallest absolute Gasteiger partial charge is 0.262 e. The molecule has 2 aromatic carbocycles. The number of aromatic amines is 1. The average Bonchev–Trinajstić information content (AvgIpc) is 3.40. The van der Waals surface area contributed by atoms with Crippen LogP contribution in [-0.4, -0.2) is 68.2 Å². The van der Waals surface area contributed by atoms with E-state index in [-0.39, 0.29) is 12.1 Å². The highest BCUT2D eigenvalue weighted by Crippen LogP contribution is 2.30. The Kier molecular flexibility index (Phi) is 7.99. The minimum atomic E-state index is -0.462. The predicted molar refractivity (Wildman–Crippen MR) is 156 cm³/mol. The van der Waals surface area contributed by atoms with E-state index in [4.69, 9.17) is 9.47 Å². The van der Waals surface area contributed by atoms with Crippen LogP contribution in [-0.2, 0) is 11.3 Å². The van der Waals surface area contributed by atoms with Crippen molar-refractivity contribution in [2.75, 3.05) is 52.3 Å². The van der Waals surface area contributed by atoms with Crippen molar-refractivity contribution < 1.29 is 14.3 Å². The van der Waals surface area contributed by atoms with Crippen LogP contribution in [0, 0.1) is 11.3 Å². The van der Waals surface area contributed by atoms with Crippen molar-refractivity contribution in [3.8, 4) is 28.7 Å². The molecule has 1 aliphatic heterocycles. The van der Waals surface area contributed by atoms with Crippen LogP contribution in [0.4, 0.5) is 5.69 Å². The van der Waals surface area contributed by atoms with Crippen LogP contribution < -0.4 is 19.7 Å². The summed E-state index contributed by atoms with van der Waals surface area (Å²) in [6, 6.07) is 18.0. The van der Waals surface area contributed by atoms with Crippen molar-refractivity contribution >= 4 is 28.7 Å². The molecule has 0 bridgehead atoms. The van der Waals surface area contributed by atoms with Gasteiger partial charge in [-0.05, 0) is 54.6 Å². The maximum absolute atomic E-state index is 12.9.